The van der Waals surface area contributed by atoms with Gasteiger partial charge in [-0.3, -0.25) is 0 Å². The number of halogens is 1. The predicted octanol–water partition coefficient (Wildman–Crippen LogP) is 4.38. The average molecular weight is 402 g/mol. The number of nitrogens with one attached hydrogen (secondary N) is 2. The lowest BCUT2D eigenvalue weighted by Crippen LogP contribution is -2.40. The fourth-order valence-corrected chi connectivity index (χ4v) is 4.70. The number of H-pyrrole nitrogens is 1. The van der Waals surface area contributed by atoms with Gasteiger partial charge in [0.05, 0.1) is 10.9 Å². The largest absolute Gasteiger partial charge is 0.343 e. The van der Waals surface area contributed by atoms with Gasteiger partial charge >= 0.3 is 0 Å². The van der Waals surface area contributed by atoms with E-state index in [1.165, 1.54) is 18.5 Å². The number of aromatic amines is 1. The Morgan fingerprint density at radius 2 is 1.93 bits per heavy atom. The topological polar surface area (TPSA) is 74.8 Å². The van der Waals surface area contributed by atoms with Gasteiger partial charge in [0.25, 0.3) is 0 Å². The number of aromatic nitrogens is 2. The summed E-state index contributed by atoms with van der Waals surface area (Å²) in [6.07, 6.45) is 4.17. The highest BCUT2D eigenvalue weighted by molar-refractivity contribution is 7.89. The van der Waals surface area contributed by atoms with Gasteiger partial charge in [0.1, 0.15) is 12.3 Å². The fourth-order valence-electron chi connectivity index (χ4n) is 3.34. The highest BCUT2D eigenvalue weighted by atomic mass is 32.2. The van der Waals surface area contributed by atoms with Crippen LogP contribution in [0, 0.1) is 5.92 Å². The third-order valence-corrected chi connectivity index (χ3v) is 6.83. The Hall–Kier alpha value is -2.25. The van der Waals surface area contributed by atoms with Crippen molar-refractivity contribution < 1.29 is 12.8 Å². The molecule has 5 nitrogen and oxygen atoms in total. The van der Waals surface area contributed by atoms with Crippen LogP contribution in [0.15, 0.2) is 47.5 Å². The molecule has 2 heterocycles. The third-order valence-electron chi connectivity index (χ3n) is 5.32. The van der Waals surface area contributed by atoms with Gasteiger partial charge in [-0.15, -0.1) is 0 Å². The Morgan fingerprint density at radius 3 is 2.54 bits per heavy atom. The molecule has 148 valence electrons. The van der Waals surface area contributed by atoms with E-state index >= 15 is 0 Å². The summed E-state index contributed by atoms with van der Waals surface area (Å²) in [7, 11) is -3.77. The molecule has 0 spiro atoms. The van der Waals surface area contributed by atoms with Crippen molar-refractivity contribution in [2.45, 2.75) is 43.5 Å². The first-order valence-corrected chi connectivity index (χ1v) is 11.0. The normalized spacial score (nSPS) is 16.0. The van der Waals surface area contributed by atoms with Crippen LogP contribution in [-0.2, 0) is 10.0 Å². The Balaban J connectivity index is 1.64. The Morgan fingerprint density at radius 1 is 1.21 bits per heavy atom. The number of hydrogen-bond acceptors (Lipinski definition) is 3. The molecule has 0 bridgehead atoms. The highest BCUT2D eigenvalue weighted by Crippen LogP contribution is 2.41. The van der Waals surface area contributed by atoms with Crippen LogP contribution in [0.4, 0.5) is 4.39 Å². The van der Waals surface area contributed by atoms with Crippen LogP contribution < -0.4 is 4.72 Å². The monoisotopic (exact) mass is 401 g/mol. The predicted molar refractivity (Wildman–Crippen MR) is 108 cm³/mol. The van der Waals surface area contributed by atoms with Crippen molar-refractivity contribution in [3.63, 3.8) is 0 Å². The maximum atomic E-state index is 13.1. The van der Waals surface area contributed by atoms with Crippen molar-refractivity contribution in [3.05, 3.63) is 48.3 Å². The molecule has 0 aliphatic heterocycles. The van der Waals surface area contributed by atoms with Gasteiger partial charge in [-0.2, -0.15) is 0 Å². The first-order valence-electron chi connectivity index (χ1n) is 9.55. The number of nitrogens with zero attached hydrogens (tertiary/aromatic N) is 1. The molecule has 2 N–H and O–H groups in total. The van der Waals surface area contributed by atoms with E-state index in [2.05, 4.69) is 20.8 Å². The lowest BCUT2D eigenvalue weighted by molar-refractivity contribution is 0.342. The lowest BCUT2D eigenvalue weighted by Gasteiger charge is -2.19. The minimum absolute atomic E-state index is 0.126. The molecule has 0 saturated heterocycles. The summed E-state index contributed by atoms with van der Waals surface area (Å²) >= 11 is 0. The number of hydrogen-bond donors (Lipinski definition) is 2. The molecule has 7 heteroatoms. The van der Waals surface area contributed by atoms with Crippen molar-refractivity contribution >= 4 is 21.1 Å². The molecule has 3 aromatic rings. The fraction of sp³-hybridized carbons (Fsp3) is 0.381. The zero-order valence-corrected chi connectivity index (χ0v) is 16.8. The van der Waals surface area contributed by atoms with Crippen LogP contribution in [0.2, 0.25) is 0 Å². The van der Waals surface area contributed by atoms with Gasteiger partial charge < -0.3 is 4.98 Å². The van der Waals surface area contributed by atoms with Crippen molar-refractivity contribution in [1.82, 2.24) is 14.7 Å². The molecule has 1 unspecified atom stereocenters. The summed E-state index contributed by atoms with van der Waals surface area (Å²) in [4.78, 5) is 7.94. The number of pyridine rings is 1. The maximum absolute atomic E-state index is 13.1. The van der Waals surface area contributed by atoms with Crippen LogP contribution in [0.5, 0.6) is 0 Å². The molecule has 1 atom stereocenters. The second-order valence-electron chi connectivity index (χ2n) is 7.77. The van der Waals surface area contributed by atoms with Crippen molar-refractivity contribution in [2.75, 3.05) is 6.67 Å². The minimum Gasteiger partial charge on any atom is -0.343 e. The molecule has 1 aromatic carbocycles. The molecule has 1 aliphatic rings. The van der Waals surface area contributed by atoms with Crippen LogP contribution in [-0.4, -0.2) is 31.1 Å². The number of fused-ring (bicyclic) bond motifs is 1. The first-order chi connectivity index (χ1) is 13.4. The van der Waals surface area contributed by atoms with E-state index in [1.807, 2.05) is 6.07 Å². The van der Waals surface area contributed by atoms with Crippen LogP contribution in [0.1, 0.15) is 38.3 Å². The minimum atomic E-state index is -3.77. The highest BCUT2D eigenvalue weighted by Gasteiger charge is 2.26. The molecule has 4 rings (SSSR count). The van der Waals surface area contributed by atoms with Crippen LogP contribution in [0.25, 0.3) is 22.2 Å². The van der Waals surface area contributed by atoms with Gasteiger partial charge in [0.15, 0.2) is 0 Å². The SMILES string of the molecule is CC(C)C(CF)NS(=O)(=O)c1ccc(-c2ccnc3[nH]c(C4CC4)cc23)cc1. The van der Waals surface area contributed by atoms with E-state index < -0.39 is 22.7 Å². The van der Waals surface area contributed by atoms with E-state index in [0.29, 0.717) is 5.92 Å². The smallest absolute Gasteiger partial charge is 0.240 e. The van der Waals surface area contributed by atoms with E-state index in [0.717, 1.165) is 22.2 Å². The quantitative estimate of drug-likeness (QED) is 0.617. The third kappa shape index (κ3) is 3.69. The van der Waals surface area contributed by atoms with Gasteiger partial charge in [0, 0.05) is 17.3 Å². The summed E-state index contributed by atoms with van der Waals surface area (Å²) in [5.41, 5.74) is 3.98. The Labute approximate surface area is 164 Å². The molecule has 2 aromatic heterocycles. The van der Waals surface area contributed by atoms with Gasteiger partial charge in [-0.25, -0.2) is 22.5 Å². The van der Waals surface area contributed by atoms with E-state index in [-0.39, 0.29) is 10.8 Å². The first kappa shape index (κ1) is 19.1. The molecular weight excluding hydrogens is 377 g/mol. The number of benzene rings is 1. The van der Waals surface area contributed by atoms with Crippen LogP contribution >= 0.6 is 0 Å². The summed E-state index contributed by atoms with van der Waals surface area (Å²) in [6.45, 7) is 2.84. The van der Waals surface area contributed by atoms with Gasteiger partial charge in [0.2, 0.25) is 10.0 Å². The zero-order chi connectivity index (χ0) is 19.9. The zero-order valence-electron chi connectivity index (χ0n) is 15.9. The molecule has 1 aliphatic carbocycles. The summed E-state index contributed by atoms with van der Waals surface area (Å²) < 4.78 is 40.7. The average Bonchev–Trinajstić information content (AvgIpc) is 3.44. The molecular formula is C21H24FN3O2S. The molecule has 1 fully saturated rings. The Kier molecular flexibility index (Phi) is 4.97. The summed E-state index contributed by atoms with van der Waals surface area (Å²) in [6, 6.07) is 10.1. The number of sulfonamides is 1. The van der Waals surface area contributed by atoms with E-state index in [9.17, 15) is 12.8 Å². The summed E-state index contributed by atoms with van der Waals surface area (Å²) in [5.74, 6) is 0.475. The summed E-state index contributed by atoms with van der Waals surface area (Å²) in [5, 5.41) is 1.04. The number of alkyl halides is 1. The van der Waals surface area contributed by atoms with Gasteiger partial charge in [-0.1, -0.05) is 26.0 Å². The maximum Gasteiger partial charge on any atom is 0.240 e. The van der Waals surface area contributed by atoms with Crippen molar-refractivity contribution in [1.29, 1.82) is 0 Å². The second kappa shape index (κ2) is 7.29. The standard InChI is InChI=1S/C21H24FN3O2S/c1-13(2)20(12-22)25-28(26,27)16-7-5-14(6-8-16)17-9-10-23-21-18(17)11-19(24-21)15-3-4-15/h5-11,13,15,20,25H,3-4,12H2,1-2H3,(H,23,24). The van der Waals surface area contributed by atoms with Crippen LogP contribution in [0.3, 0.4) is 0 Å². The number of rotatable bonds is 7. The second-order valence-corrected chi connectivity index (χ2v) is 9.48. The van der Waals surface area contributed by atoms with Crippen molar-refractivity contribution in [3.8, 4) is 11.1 Å². The van der Waals surface area contributed by atoms with E-state index in [4.69, 9.17) is 0 Å². The molecule has 0 radical (unpaired) electrons. The van der Waals surface area contributed by atoms with E-state index in [1.54, 1.807) is 44.3 Å². The molecule has 1 saturated carbocycles. The molecule has 28 heavy (non-hydrogen) atoms. The Bertz CT molecular complexity index is 1090. The lowest BCUT2D eigenvalue weighted by atomic mass is 10.0. The molecule has 0 amide bonds. The van der Waals surface area contributed by atoms with Crippen molar-refractivity contribution in [2.24, 2.45) is 5.92 Å². The van der Waals surface area contributed by atoms with Gasteiger partial charge in [-0.05, 0) is 60.1 Å².